The van der Waals surface area contributed by atoms with E-state index in [0.717, 1.165) is 0 Å². The highest BCUT2D eigenvalue weighted by atomic mass is 14.5. The molecule has 1 aliphatic carbocycles. The van der Waals surface area contributed by atoms with Crippen molar-refractivity contribution in [3.05, 3.63) is 144 Å². The Labute approximate surface area is 181 Å². The number of fused-ring (bicyclic) bond motifs is 3. The maximum atomic E-state index is 2.34. The third-order valence-corrected chi connectivity index (χ3v) is 7.11. The van der Waals surface area contributed by atoms with Gasteiger partial charge >= 0.3 is 0 Å². The van der Waals surface area contributed by atoms with E-state index in [2.05, 4.69) is 121 Å². The van der Waals surface area contributed by atoms with Crippen LogP contribution in [-0.4, -0.2) is 0 Å². The van der Waals surface area contributed by atoms with Crippen LogP contribution in [-0.2, 0) is 5.41 Å². The summed E-state index contributed by atoms with van der Waals surface area (Å²) in [6.07, 6.45) is 0. The van der Waals surface area contributed by atoms with Gasteiger partial charge in [-0.2, -0.15) is 0 Å². The Kier molecular flexibility index (Phi) is 3.29. The summed E-state index contributed by atoms with van der Waals surface area (Å²) in [4.78, 5) is 0. The molecule has 0 heterocycles. The van der Waals surface area contributed by atoms with Crippen molar-refractivity contribution >= 4 is 32.3 Å². The van der Waals surface area contributed by atoms with Crippen LogP contribution in [0.1, 0.15) is 22.3 Å². The third-order valence-electron chi connectivity index (χ3n) is 7.11. The summed E-state index contributed by atoms with van der Waals surface area (Å²) in [6, 6.07) is 44.6. The van der Waals surface area contributed by atoms with Crippen molar-refractivity contribution in [1.29, 1.82) is 0 Å². The van der Waals surface area contributed by atoms with Crippen molar-refractivity contribution in [2.24, 2.45) is 0 Å². The van der Waals surface area contributed by atoms with Gasteiger partial charge in [-0.05, 0) is 54.6 Å². The fraction of sp³-hybridized carbons (Fsp3) is 0.0323. The van der Waals surface area contributed by atoms with Crippen LogP contribution in [0.25, 0.3) is 32.3 Å². The van der Waals surface area contributed by atoms with E-state index in [-0.39, 0.29) is 5.41 Å². The molecular weight excluding hydrogens is 372 g/mol. The molecule has 0 saturated heterocycles. The first-order valence-corrected chi connectivity index (χ1v) is 10.9. The Balaban J connectivity index is 1.80. The van der Waals surface area contributed by atoms with Crippen molar-refractivity contribution in [3.63, 3.8) is 0 Å². The Morgan fingerprint density at radius 3 is 1.16 bits per heavy atom. The maximum absolute atomic E-state index is 2.34. The Bertz CT molecular complexity index is 1490. The lowest BCUT2D eigenvalue weighted by atomic mass is 9.67. The van der Waals surface area contributed by atoms with Gasteiger partial charge in [0.25, 0.3) is 0 Å². The van der Waals surface area contributed by atoms with Gasteiger partial charge in [0.2, 0.25) is 0 Å². The molecule has 0 nitrogen and oxygen atoms in total. The van der Waals surface area contributed by atoms with Gasteiger partial charge in [-0.25, -0.2) is 0 Å². The van der Waals surface area contributed by atoms with Crippen molar-refractivity contribution < 1.29 is 0 Å². The van der Waals surface area contributed by atoms with E-state index >= 15 is 0 Å². The van der Waals surface area contributed by atoms with Gasteiger partial charge in [-0.1, -0.05) is 121 Å². The highest BCUT2D eigenvalue weighted by Crippen LogP contribution is 2.56. The second-order valence-electron chi connectivity index (χ2n) is 8.48. The summed E-state index contributed by atoms with van der Waals surface area (Å²) >= 11 is 0. The number of benzene rings is 6. The van der Waals surface area contributed by atoms with Gasteiger partial charge in [0, 0.05) is 0 Å². The lowest BCUT2D eigenvalue weighted by molar-refractivity contribution is 0.771. The first kappa shape index (κ1) is 16.8. The lowest BCUT2D eigenvalue weighted by Gasteiger charge is -2.34. The van der Waals surface area contributed by atoms with Crippen LogP contribution < -0.4 is 0 Å². The fourth-order valence-corrected chi connectivity index (χ4v) is 5.98. The van der Waals surface area contributed by atoms with Gasteiger partial charge in [0.15, 0.2) is 0 Å². The minimum absolute atomic E-state index is 0.318. The normalized spacial score (nSPS) is 14.1. The molecule has 0 saturated carbocycles. The molecule has 0 spiro atoms. The molecule has 0 aliphatic heterocycles. The fourth-order valence-electron chi connectivity index (χ4n) is 5.98. The molecule has 0 radical (unpaired) electrons. The van der Waals surface area contributed by atoms with E-state index in [1.165, 1.54) is 54.6 Å². The predicted octanol–water partition coefficient (Wildman–Crippen LogP) is 7.84. The minimum Gasteiger partial charge on any atom is -0.0622 e. The van der Waals surface area contributed by atoms with E-state index in [0.29, 0.717) is 0 Å². The molecule has 7 rings (SSSR count). The zero-order chi connectivity index (χ0) is 20.4. The summed E-state index contributed by atoms with van der Waals surface area (Å²) in [5, 5.41) is 8.17. The van der Waals surface area contributed by atoms with Crippen molar-refractivity contribution in [3.8, 4) is 0 Å². The smallest absolute Gasteiger partial charge is 0.0622 e. The summed E-state index contributed by atoms with van der Waals surface area (Å²) in [5.41, 5.74) is 5.10. The lowest BCUT2D eigenvalue weighted by Crippen LogP contribution is -2.28. The molecule has 0 fully saturated rings. The third kappa shape index (κ3) is 2.00. The minimum atomic E-state index is -0.318. The molecular formula is C31H20. The van der Waals surface area contributed by atoms with Crippen LogP contribution in [0, 0.1) is 0 Å². The second-order valence-corrected chi connectivity index (χ2v) is 8.48. The first-order chi connectivity index (χ1) is 15.4. The Hall–Kier alpha value is -3.90. The van der Waals surface area contributed by atoms with Crippen LogP contribution in [0.4, 0.5) is 0 Å². The molecule has 0 N–H and O–H groups in total. The van der Waals surface area contributed by atoms with Gasteiger partial charge < -0.3 is 0 Å². The molecule has 0 unspecified atom stereocenters. The van der Waals surface area contributed by atoms with Crippen molar-refractivity contribution in [2.75, 3.05) is 0 Å². The van der Waals surface area contributed by atoms with Crippen molar-refractivity contribution in [1.82, 2.24) is 0 Å². The number of hydrogen-bond acceptors (Lipinski definition) is 0. The summed E-state index contributed by atoms with van der Waals surface area (Å²) in [6.45, 7) is 0. The first-order valence-electron chi connectivity index (χ1n) is 10.9. The standard InChI is InChI=1S/C31H20/c1-3-11-21(12-4-1)31(22-13-5-2-6-14-22)27-19-9-17-25-23-15-7-8-16-24(23)26-18-10-20-28(31)30(26)29(25)27/h1-20H. The zero-order valence-corrected chi connectivity index (χ0v) is 17.0. The Morgan fingerprint density at radius 1 is 0.323 bits per heavy atom. The molecule has 6 aromatic rings. The summed E-state index contributed by atoms with van der Waals surface area (Å²) < 4.78 is 0. The number of rotatable bonds is 2. The molecule has 1 aliphatic rings. The van der Waals surface area contributed by atoms with E-state index in [9.17, 15) is 0 Å². The molecule has 31 heavy (non-hydrogen) atoms. The average molecular weight is 393 g/mol. The molecule has 0 heteroatoms. The van der Waals surface area contributed by atoms with Gasteiger partial charge in [-0.3, -0.25) is 0 Å². The topological polar surface area (TPSA) is 0 Å². The summed E-state index contributed by atoms with van der Waals surface area (Å²) in [5.74, 6) is 0. The van der Waals surface area contributed by atoms with Gasteiger partial charge in [0.05, 0.1) is 5.41 Å². The average Bonchev–Trinajstić information content (AvgIpc) is 3.17. The van der Waals surface area contributed by atoms with Crippen LogP contribution in [0.2, 0.25) is 0 Å². The molecule has 0 bridgehead atoms. The van der Waals surface area contributed by atoms with E-state index in [1.54, 1.807) is 0 Å². The van der Waals surface area contributed by atoms with Crippen molar-refractivity contribution in [2.45, 2.75) is 5.41 Å². The Morgan fingerprint density at radius 2 is 0.710 bits per heavy atom. The molecule has 0 atom stereocenters. The SMILES string of the molecule is c1ccc(C2(c3ccccc3)c3cccc4c5ccccc5c5cccc2c5c34)cc1. The maximum Gasteiger partial charge on any atom is 0.0714 e. The highest BCUT2D eigenvalue weighted by Gasteiger charge is 2.45. The molecule has 0 aromatic heterocycles. The van der Waals surface area contributed by atoms with Gasteiger partial charge in [0.1, 0.15) is 0 Å². The van der Waals surface area contributed by atoms with E-state index < -0.39 is 0 Å². The molecule has 144 valence electrons. The summed E-state index contributed by atoms with van der Waals surface area (Å²) in [7, 11) is 0. The van der Waals surface area contributed by atoms with E-state index in [1.807, 2.05) is 0 Å². The van der Waals surface area contributed by atoms with Crippen LogP contribution in [0.15, 0.2) is 121 Å². The quantitative estimate of drug-likeness (QED) is 0.263. The highest BCUT2D eigenvalue weighted by molar-refractivity contribution is 6.29. The second kappa shape index (κ2) is 6.06. The largest absolute Gasteiger partial charge is 0.0714 e. The predicted molar refractivity (Wildman–Crippen MR) is 131 cm³/mol. The van der Waals surface area contributed by atoms with E-state index in [4.69, 9.17) is 0 Å². The van der Waals surface area contributed by atoms with Crippen LogP contribution in [0.3, 0.4) is 0 Å². The number of hydrogen-bond donors (Lipinski definition) is 0. The molecule has 0 amide bonds. The molecule has 6 aromatic carbocycles. The van der Waals surface area contributed by atoms with Crippen LogP contribution >= 0.6 is 0 Å². The monoisotopic (exact) mass is 392 g/mol. The zero-order valence-electron chi connectivity index (χ0n) is 17.0. The van der Waals surface area contributed by atoms with Gasteiger partial charge in [-0.15, -0.1) is 0 Å². The van der Waals surface area contributed by atoms with Crippen LogP contribution in [0.5, 0.6) is 0 Å².